The minimum absolute atomic E-state index is 0.0389. The molecule has 0 unspecified atom stereocenters. The van der Waals surface area contributed by atoms with Crippen LogP contribution in [0.1, 0.15) is 44.9 Å². The molecule has 1 N–H and O–H groups in total. The summed E-state index contributed by atoms with van der Waals surface area (Å²) in [6, 6.07) is 0.577. The van der Waals surface area contributed by atoms with E-state index in [1.165, 1.54) is 25.7 Å². The van der Waals surface area contributed by atoms with Crippen LogP contribution in [0.5, 0.6) is 0 Å². The van der Waals surface area contributed by atoms with Crippen LogP contribution in [0.4, 0.5) is 0 Å². The van der Waals surface area contributed by atoms with Crippen molar-refractivity contribution in [2.45, 2.75) is 51.0 Å². The fraction of sp³-hybridized carbons (Fsp3) is 0.917. The summed E-state index contributed by atoms with van der Waals surface area (Å²) in [7, 11) is 0. The van der Waals surface area contributed by atoms with E-state index in [1.807, 2.05) is 0 Å². The first-order valence-corrected chi connectivity index (χ1v) is 6.26. The third-order valence-electron chi connectivity index (χ3n) is 3.56. The van der Waals surface area contributed by atoms with Crippen LogP contribution >= 0.6 is 0 Å². The van der Waals surface area contributed by atoms with Gasteiger partial charge in [0, 0.05) is 6.04 Å². The maximum atomic E-state index is 11.4. The highest BCUT2D eigenvalue weighted by atomic mass is 16.5. The third-order valence-corrected chi connectivity index (χ3v) is 3.56. The Hall–Kier alpha value is -0.570. The van der Waals surface area contributed by atoms with Crippen LogP contribution in [0.3, 0.4) is 0 Å². The van der Waals surface area contributed by atoms with E-state index < -0.39 is 0 Å². The lowest BCUT2D eigenvalue weighted by Crippen LogP contribution is -2.35. The Morgan fingerprint density at radius 2 is 2.07 bits per heavy atom. The Balaban J connectivity index is 1.55. The van der Waals surface area contributed by atoms with Gasteiger partial charge in [-0.25, -0.2) is 0 Å². The van der Waals surface area contributed by atoms with Crippen molar-refractivity contribution in [1.82, 2.24) is 5.32 Å². The van der Waals surface area contributed by atoms with E-state index in [-0.39, 0.29) is 11.9 Å². The van der Waals surface area contributed by atoms with Gasteiger partial charge in [0.2, 0.25) is 0 Å². The molecule has 2 rings (SSSR count). The molecule has 0 radical (unpaired) electrons. The summed E-state index contributed by atoms with van der Waals surface area (Å²) in [5.74, 6) is 0.265. The van der Waals surface area contributed by atoms with Gasteiger partial charge in [-0.05, 0) is 38.6 Å². The molecule has 0 aromatic carbocycles. The summed E-state index contributed by atoms with van der Waals surface area (Å²) < 4.78 is 5.27. The fourth-order valence-corrected chi connectivity index (χ4v) is 2.23. The third kappa shape index (κ3) is 3.20. The van der Waals surface area contributed by atoms with Crippen molar-refractivity contribution in [1.29, 1.82) is 0 Å². The molecule has 1 saturated heterocycles. The first-order valence-electron chi connectivity index (χ1n) is 6.26. The molecular formula is C12H21NO2. The number of carbonyl (C=O) groups excluding carboxylic acids is 1. The maximum absolute atomic E-state index is 11.4. The molecule has 0 amide bonds. The van der Waals surface area contributed by atoms with Crippen molar-refractivity contribution in [3.8, 4) is 0 Å². The zero-order chi connectivity index (χ0) is 10.5. The molecule has 0 aromatic rings. The molecule has 1 saturated carbocycles. The Bertz CT molecular complexity index is 208. The SMILES string of the molecule is O=C(OCC[C@H]1CCCCN1)C1CCC1. The van der Waals surface area contributed by atoms with E-state index in [4.69, 9.17) is 4.74 Å². The van der Waals surface area contributed by atoms with Crippen molar-refractivity contribution in [2.24, 2.45) is 5.92 Å². The predicted octanol–water partition coefficient (Wildman–Crippen LogP) is 1.86. The summed E-state index contributed by atoms with van der Waals surface area (Å²) in [6.45, 7) is 1.73. The molecule has 2 fully saturated rings. The number of ether oxygens (including phenoxy) is 1. The lowest BCUT2D eigenvalue weighted by Gasteiger charge is -2.25. The van der Waals surface area contributed by atoms with E-state index in [9.17, 15) is 4.79 Å². The van der Waals surface area contributed by atoms with Gasteiger partial charge >= 0.3 is 5.97 Å². The summed E-state index contributed by atoms with van der Waals surface area (Å²) in [6.07, 6.45) is 8.11. The van der Waals surface area contributed by atoms with E-state index >= 15 is 0 Å². The topological polar surface area (TPSA) is 38.3 Å². The van der Waals surface area contributed by atoms with E-state index in [2.05, 4.69) is 5.32 Å². The molecule has 2 aliphatic rings. The van der Waals surface area contributed by atoms with Crippen molar-refractivity contribution in [3.05, 3.63) is 0 Å². The van der Waals surface area contributed by atoms with Gasteiger partial charge in [0.25, 0.3) is 0 Å². The lowest BCUT2D eigenvalue weighted by atomic mass is 9.86. The molecule has 0 aromatic heterocycles. The molecule has 3 nitrogen and oxygen atoms in total. The zero-order valence-electron chi connectivity index (χ0n) is 9.34. The van der Waals surface area contributed by atoms with Crippen LogP contribution < -0.4 is 5.32 Å². The molecule has 3 heteroatoms. The smallest absolute Gasteiger partial charge is 0.308 e. The second-order valence-corrected chi connectivity index (χ2v) is 4.73. The van der Waals surface area contributed by atoms with Crippen LogP contribution in [0.15, 0.2) is 0 Å². The second kappa shape index (κ2) is 5.50. The molecule has 1 aliphatic heterocycles. The van der Waals surface area contributed by atoms with Crippen molar-refractivity contribution < 1.29 is 9.53 Å². The average Bonchev–Trinajstić information content (AvgIpc) is 2.16. The molecule has 86 valence electrons. The first kappa shape index (κ1) is 10.9. The van der Waals surface area contributed by atoms with Gasteiger partial charge in [-0.2, -0.15) is 0 Å². The van der Waals surface area contributed by atoms with E-state index in [0.717, 1.165) is 25.8 Å². The van der Waals surface area contributed by atoms with Gasteiger partial charge in [-0.3, -0.25) is 4.79 Å². The number of hydrogen-bond donors (Lipinski definition) is 1. The molecule has 1 heterocycles. The Labute approximate surface area is 91.6 Å². The van der Waals surface area contributed by atoms with E-state index in [1.54, 1.807) is 0 Å². The van der Waals surface area contributed by atoms with Crippen LogP contribution in [-0.2, 0) is 9.53 Å². The monoisotopic (exact) mass is 211 g/mol. The Morgan fingerprint density at radius 3 is 2.67 bits per heavy atom. The number of esters is 1. The van der Waals surface area contributed by atoms with Crippen molar-refractivity contribution in [3.63, 3.8) is 0 Å². The molecule has 0 bridgehead atoms. The lowest BCUT2D eigenvalue weighted by molar-refractivity contribution is -0.151. The van der Waals surface area contributed by atoms with Gasteiger partial charge in [-0.1, -0.05) is 12.8 Å². The highest BCUT2D eigenvalue weighted by molar-refractivity contribution is 5.73. The Kier molecular flexibility index (Phi) is 4.01. The maximum Gasteiger partial charge on any atom is 0.308 e. The quantitative estimate of drug-likeness (QED) is 0.721. The van der Waals surface area contributed by atoms with Gasteiger partial charge in [0.05, 0.1) is 12.5 Å². The zero-order valence-corrected chi connectivity index (χ0v) is 9.34. The second-order valence-electron chi connectivity index (χ2n) is 4.73. The van der Waals surface area contributed by atoms with Gasteiger partial charge in [-0.15, -0.1) is 0 Å². The summed E-state index contributed by atoms with van der Waals surface area (Å²) in [4.78, 5) is 11.4. The van der Waals surface area contributed by atoms with Crippen molar-refractivity contribution in [2.75, 3.05) is 13.2 Å². The minimum atomic E-state index is 0.0389. The van der Waals surface area contributed by atoms with Crippen LogP contribution in [-0.4, -0.2) is 25.2 Å². The number of carbonyl (C=O) groups is 1. The highest BCUT2D eigenvalue weighted by Crippen LogP contribution is 2.27. The van der Waals surface area contributed by atoms with Gasteiger partial charge in [0.1, 0.15) is 0 Å². The normalized spacial score (nSPS) is 27.1. The summed E-state index contributed by atoms with van der Waals surface area (Å²) >= 11 is 0. The number of piperidine rings is 1. The van der Waals surface area contributed by atoms with E-state index in [0.29, 0.717) is 12.6 Å². The number of hydrogen-bond acceptors (Lipinski definition) is 3. The fourth-order valence-electron chi connectivity index (χ4n) is 2.23. The van der Waals surface area contributed by atoms with Gasteiger partial charge in [0.15, 0.2) is 0 Å². The predicted molar refractivity (Wildman–Crippen MR) is 58.6 cm³/mol. The largest absolute Gasteiger partial charge is 0.465 e. The van der Waals surface area contributed by atoms with Crippen LogP contribution in [0, 0.1) is 5.92 Å². The molecular weight excluding hydrogens is 190 g/mol. The standard InChI is InChI=1S/C12H21NO2/c14-12(10-4-3-5-10)15-9-7-11-6-1-2-8-13-11/h10-11,13H,1-9H2/t11-/m1/s1. The minimum Gasteiger partial charge on any atom is -0.465 e. The van der Waals surface area contributed by atoms with Gasteiger partial charge < -0.3 is 10.1 Å². The summed E-state index contributed by atoms with van der Waals surface area (Å²) in [5.41, 5.74) is 0. The molecule has 0 spiro atoms. The summed E-state index contributed by atoms with van der Waals surface area (Å²) in [5, 5.41) is 3.46. The molecule has 1 aliphatic carbocycles. The van der Waals surface area contributed by atoms with Crippen LogP contribution in [0.2, 0.25) is 0 Å². The average molecular weight is 211 g/mol. The highest BCUT2D eigenvalue weighted by Gasteiger charge is 2.26. The molecule has 15 heavy (non-hydrogen) atoms. The number of rotatable bonds is 4. The first-order chi connectivity index (χ1) is 7.36. The Morgan fingerprint density at radius 1 is 1.20 bits per heavy atom. The van der Waals surface area contributed by atoms with Crippen molar-refractivity contribution >= 4 is 5.97 Å². The number of nitrogens with one attached hydrogen (secondary N) is 1. The molecule has 1 atom stereocenters. The van der Waals surface area contributed by atoms with Crippen LogP contribution in [0.25, 0.3) is 0 Å².